The van der Waals surface area contributed by atoms with Crippen LogP contribution in [0.25, 0.3) is 22.0 Å². The van der Waals surface area contributed by atoms with Crippen LogP contribution in [-0.2, 0) is 11.0 Å². The molecule has 0 saturated carbocycles. The van der Waals surface area contributed by atoms with E-state index in [9.17, 15) is 0 Å². The Bertz CT molecular complexity index is 1710. The molecule has 0 saturated heterocycles. The van der Waals surface area contributed by atoms with E-state index in [1.807, 2.05) is 0 Å². The lowest BCUT2D eigenvalue weighted by Crippen LogP contribution is -2.62. The summed E-state index contributed by atoms with van der Waals surface area (Å²) in [4.78, 5) is 0. The quantitative estimate of drug-likeness (QED) is 0.160. The van der Waals surface area contributed by atoms with Crippen LogP contribution in [0.5, 0.6) is 0 Å². The SMILES string of the molecule is CCC1c2ccc(P3c4ccccc4C(C)(C)c4ccccc43)cc2-c2c3ccccc3cc[n+]2C1(CC)CC. The molecule has 1 aromatic heterocycles. The number of benzene rings is 4. The molecule has 1 nitrogen and oxygen atoms in total. The highest BCUT2D eigenvalue weighted by Crippen LogP contribution is 2.51. The maximum absolute atomic E-state index is 2.68. The molecule has 7 rings (SSSR count). The van der Waals surface area contributed by atoms with Crippen molar-refractivity contribution in [2.24, 2.45) is 0 Å². The fraction of sp³-hybridized carbons (Fsp3) is 0.289. The van der Waals surface area contributed by atoms with Crippen LogP contribution < -0.4 is 20.5 Å². The Morgan fingerprint density at radius 1 is 0.725 bits per heavy atom. The third-order valence-electron chi connectivity index (χ3n) is 10.2. The van der Waals surface area contributed by atoms with Crippen molar-refractivity contribution in [3.63, 3.8) is 0 Å². The number of nitrogens with zero attached hydrogens (tertiary/aromatic N) is 1. The van der Waals surface area contributed by atoms with Crippen molar-refractivity contribution in [3.05, 3.63) is 120 Å². The lowest BCUT2D eigenvalue weighted by atomic mass is 9.69. The number of rotatable bonds is 4. The topological polar surface area (TPSA) is 3.88 Å². The molecular weight excluding hydrogens is 501 g/mol. The second kappa shape index (κ2) is 9.39. The summed E-state index contributed by atoms with van der Waals surface area (Å²) in [5, 5.41) is 7.15. The lowest BCUT2D eigenvalue weighted by molar-refractivity contribution is -0.761. The van der Waals surface area contributed by atoms with Gasteiger partial charge in [-0.05, 0) is 64.5 Å². The third-order valence-corrected chi connectivity index (χ3v) is 12.7. The van der Waals surface area contributed by atoms with Gasteiger partial charge in [-0.15, -0.1) is 0 Å². The molecule has 0 N–H and O–H groups in total. The summed E-state index contributed by atoms with van der Waals surface area (Å²) in [6.07, 6.45) is 5.79. The van der Waals surface area contributed by atoms with Gasteiger partial charge >= 0.3 is 0 Å². The molecule has 40 heavy (non-hydrogen) atoms. The molecule has 2 aliphatic rings. The molecule has 2 aliphatic heterocycles. The second-order valence-electron chi connectivity index (χ2n) is 12.2. The first-order chi connectivity index (χ1) is 19.5. The van der Waals surface area contributed by atoms with Crippen LogP contribution in [0.3, 0.4) is 0 Å². The molecule has 5 aromatic rings. The van der Waals surface area contributed by atoms with E-state index in [1.165, 1.54) is 54.6 Å². The first-order valence-electron chi connectivity index (χ1n) is 15.0. The minimum absolute atomic E-state index is 0.00591. The fourth-order valence-corrected chi connectivity index (χ4v) is 11.1. The van der Waals surface area contributed by atoms with E-state index < -0.39 is 7.92 Å². The first kappa shape index (κ1) is 25.7. The van der Waals surface area contributed by atoms with E-state index in [-0.39, 0.29) is 11.0 Å². The minimum atomic E-state index is -0.664. The Balaban J connectivity index is 1.54. The molecule has 0 spiro atoms. The summed E-state index contributed by atoms with van der Waals surface area (Å²) in [6, 6.07) is 37.3. The van der Waals surface area contributed by atoms with Crippen LogP contribution >= 0.6 is 7.92 Å². The van der Waals surface area contributed by atoms with Gasteiger partial charge in [-0.3, -0.25) is 0 Å². The summed E-state index contributed by atoms with van der Waals surface area (Å²) in [6.45, 7) is 11.9. The standard InChI is InChI=1S/C38H39NP/c1-6-31-29-22-21-27(40-34-19-13-11-17-32(34)37(4,5)33-18-12-14-20-35(33)40)25-30(29)36-28-16-10-9-15-26(28)23-24-39(36)38(31,7-2)8-3/h9-25,31H,6-8H2,1-5H3/q+1. The third kappa shape index (κ3) is 3.40. The average molecular weight is 541 g/mol. The number of hydrogen-bond acceptors (Lipinski definition) is 0. The van der Waals surface area contributed by atoms with Crippen molar-refractivity contribution >= 4 is 34.6 Å². The Kier molecular flexibility index (Phi) is 6.03. The van der Waals surface area contributed by atoms with Gasteiger partial charge in [0.05, 0.1) is 10.9 Å². The van der Waals surface area contributed by atoms with Gasteiger partial charge < -0.3 is 0 Å². The van der Waals surface area contributed by atoms with E-state index in [2.05, 4.69) is 142 Å². The van der Waals surface area contributed by atoms with Crippen LogP contribution in [0.15, 0.2) is 103 Å². The molecule has 1 atom stereocenters. The van der Waals surface area contributed by atoms with Crippen molar-refractivity contribution in [1.82, 2.24) is 0 Å². The van der Waals surface area contributed by atoms with E-state index in [0.29, 0.717) is 5.92 Å². The van der Waals surface area contributed by atoms with Crippen molar-refractivity contribution in [1.29, 1.82) is 0 Å². The van der Waals surface area contributed by atoms with E-state index in [0.717, 1.165) is 19.3 Å². The maximum atomic E-state index is 2.68. The van der Waals surface area contributed by atoms with Gasteiger partial charge in [-0.1, -0.05) is 113 Å². The number of pyridine rings is 1. The maximum Gasteiger partial charge on any atom is 0.221 e. The molecule has 0 bridgehead atoms. The molecule has 2 heteroatoms. The molecule has 3 heterocycles. The fourth-order valence-electron chi connectivity index (χ4n) is 8.14. The molecule has 0 fully saturated rings. The van der Waals surface area contributed by atoms with Crippen LogP contribution in [0.1, 0.15) is 76.5 Å². The molecule has 1 unspecified atom stereocenters. The van der Waals surface area contributed by atoms with Crippen molar-refractivity contribution < 1.29 is 4.57 Å². The van der Waals surface area contributed by atoms with Gasteiger partial charge in [0.1, 0.15) is 0 Å². The van der Waals surface area contributed by atoms with Crippen molar-refractivity contribution in [2.75, 3.05) is 0 Å². The van der Waals surface area contributed by atoms with E-state index in [1.54, 1.807) is 0 Å². The van der Waals surface area contributed by atoms with Crippen LogP contribution in [0, 0.1) is 0 Å². The van der Waals surface area contributed by atoms with Gasteiger partial charge in [-0.25, -0.2) is 0 Å². The van der Waals surface area contributed by atoms with Crippen LogP contribution in [0.4, 0.5) is 0 Å². The van der Waals surface area contributed by atoms with E-state index >= 15 is 0 Å². The summed E-state index contributed by atoms with van der Waals surface area (Å²) >= 11 is 0. The Labute approximate surface area is 240 Å². The van der Waals surface area contributed by atoms with Crippen molar-refractivity contribution in [3.8, 4) is 11.3 Å². The zero-order valence-electron chi connectivity index (χ0n) is 24.4. The van der Waals surface area contributed by atoms with Gasteiger partial charge in [-0.2, -0.15) is 4.57 Å². The first-order valence-corrected chi connectivity index (χ1v) is 16.4. The number of hydrogen-bond donors (Lipinski definition) is 0. The van der Waals surface area contributed by atoms with Crippen molar-refractivity contribution in [2.45, 2.75) is 70.8 Å². The smallest absolute Gasteiger partial charge is 0.192 e. The van der Waals surface area contributed by atoms with Crippen LogP contribution in [-0.4, -0.2) is 0 Å². The van der Waals surface area contributed by atoms with Gasteiger partial charge in [0.2, 0.25) is 5.69 Å². The van der Waals surface area contributed by atoms with Gasteiger partial charge in [0, 0.05) is 30.2 Å². The molecule has 0 amide bonds. The van der Waals surface area contributed by atoms with E-state index in [4.69, 9.17) is 0 Å². The Morgan fingerprint density at radius 2 is 1.35 bits per heavy atom. The minimum Gasteiger partial charge on any atom is -0.192 e. The number of fused-ring (bicyclic) bond motifs is 7. The largest absolute Gasteiger partial charge is 0.221 e. The summed E-state index contributed by atoms with van der Waals surface area (Å²) in [5.41, 5.74) is 7.38. The highest BCUT2D eigenvalue weighted by molar-refractivity contribution is 7.80. The zero-order valence-corrected chi connectivity index (χ0v) is 25.3. The molecular formula is C38H39NP+. The molecule has 200 valence electrons. The average Bonchev–Trinajstić information content (AvgIpc) is 3.00. The Hall–Kier alpha value is -3.28. The monoisotopic (exact) mass is 540 g/mol. The van der Waals surface area contributed by atoms with Crippen LogP contribution in [0.2, 0.25) is 0 Å². The van der Waals surface area contributed by atoms with Gasteiger partial charge in [0.25, 0.3) is 0 Å². The predicted octanol–water partition coefficient (Wildman–Crippen LogP) is 8.21. The Morgan fingerprint density at radius 3 is 2.00 bits per heavy atom. The summed E-state index contributed by atoms with van der Waals surface area (Å²) in [5.74, 6) is 0.489. The summed E-state index contributed by atoms with van der Waals surface area (Å²) < 4.78 is 2.68. The molecule has 0 aliphatic carbocycles. The number of aromatic nitrogens is 1. The molecule has 4 aromatic carbocycles. The van der Waals surface area contributed by atoms with Gasteiger partial charge in [0.15, 0.2) is 11.7 Å². The summed E-state index contributed by atoms with van der Waals surface area (Å²) in [7, 11) is -0.664. The zero-order chi connectivity index (χ0) is 27.6. The lowest BCUT2D eigenvalue weighted by Gasteiger charge is -2.41. The second-order valence-corrected chi connectivity index (χ2v) is 14.3. The highest BCUT2D eigenvalue weighted by atomic mass is 31.1. The highest BCUT2D eigenvalue weighted by Gasteiger charge is 2.51. The molecule has 0 radical (unpaired) electrons. The predicted molar refractivity (Wildman–Crippen MR) is 172 cm³/mol. The normalized spacial score (nSPS) is 18.5.